The van der Waals surface area contributed by atoms with E-state index in [1.807, 2.05) is 56.7 Å². The first kappa shape index (κ1) is 21.6. The first-order chi connectivity index (χ1) is 16.1. The Morgan fingerprint density at radius 2 is 0.970 bits per heavy atom. The van der Waals surface area contributed by atoms with Gasteiger partial charge in [-0.25, -0.2) is 0 Å². The van der Waals surface area contributed by atoms with Gasteiger partial charge in [-0.1, -0.05) is 0 Å². The van der Waals surface area contributed by atoms with Crippen LogP contribution in [0.3, 0.4) is 0 Å². The van der Waals surface area contributed by atoms with Crippen LogP contribution < -0.4 is 0 Å². The lowest BCUT2D eigenvalue weighted by molar-refractivity contribution is 1.87. The summed E-state index contributed by atoms with van der Waals surface area (Å²) < 4.78 is 8.04. The van der Waals surface area contributed by atoms with Crippen molar-refractivity contribution in [2.24, 2.45) is 0 Å². The Labute approximate surface area is 234 Å². The third-order valence-electron chi connectivity index (χ3n) is 5.15. The number of thiophene rings is 7. The zero-order valence-electron chi connectivity index (χ0n) is 16.4. The van der Waals surface area contributed by atoms with Gasteiger partial charge in [-0.2, -0.15) is 0 Å². The summed E-state index contributed by atoms with van der Waals surface area (Å²) in [5, 5.41) is 2.15. The third kappa shape index (κ3) is 3.90. The first-order valence-electron chi connectivity index (χ1n) is 9.77. The highest BCUT2D eigenvalue weighted by atomic mass is 79.9. The molecule has 0 aliphatic heterocycles. The van der Waals surface area contributed by atoms with Gasteiger partial charge in [0.2, 0.25) is 0 Å². The zero-order valence-corrected chi connectivity index (χ0v) is 25.3. The van der Waals surface area contributed by atoms with Gasteiger partial charge >= 0.3 is 0 Å². The zero-order chi connectivity index (χ0) is 22.1. The highest BCUT2D eigenvalue weighted by molar-refractivity contribution is 9.11. The second-order valence-corrected chi connectivity index (χ2v) is 16.9. The standard InChI is InChI=1S/C24H10Br2S7/c25-11-7-17(27-10-11)14-2-4-16(29-14)19-9-21-24(33-19)23-20(30-21)8-18(32-23)15-3-1-12(28-15)13-5-6-22(26)31-13/h1-10H. The number of fused-ring (bicyclic) bond motifs is 3. The molecular weight excluding hydrogens is 673 g/mol. The Balaban J connectivity index is 1.24. The molecule has 0 saturated carbocycles. The lowest BCUT2D eigenvalue weighted by Crippen LogP contribution is -1.58. The minimum absolute atomic E-state index is 1.16. The van der Waals surface area contributed by atoms with Crippen LogP contribution in [0.4, 0.5) is 0 Å². The SMILES string of the molecule is Brc1csc(-c2ccc(-c3cc4sc5cc(-c6ccc(-c7ccc(Br)s7)s6)sc5c4s3)s2)c1. The van der Waals surface area contributed by atoms with Crippen LogP contribution in [0.5, 0.6) is 0 Å². The molecule has 33 heavy (non-hydrogen) atoms. The number of hydrogen-bond acceptors (Lipinski definition) is 7. The summed E-state index contributed by atoms with van der Waals surface area (Å²) in [6.45, 7) is 0. The van der Waals surface area contributed by atoms with Crippen molar-refractivity contribution in [2.75, 3.05) is 0 Å². The first-order valence-corrected chi connectivity index (χ1v) is 17.1. The normalized spacial score (nSPS) is 11.9. The van der Waals surface area contributed by atoms with Gasteiger partial charge in [-0.3, -0.25) is 0 Å². The van der Waals surface area contributed by atoms with Gasteiger partial charge in [0.1, 0.15) is 0 Å². The summed E-state index contributed by atoms with van der Waals surface area (Å²) in [4.78, 5) is 10.8. The maximum Gasteiger partial charge on any atom is 0.0705 e. The monoisotopic (exact) mass is 680 g/mol. The lowest BCUT2D eigenvalue weighted by Gasteiger charge is -1.90. The highest BCUT2D eigenvalue weighted by Crippen LogP contribution is 2.50. The molecule has 0 aliphatic carbocycles. The van der Waals surface area contributed by atoms with Gasteiger partial charge in [0.15, 0.2) is 0 Å². The summed E-state index contributed by atoms with van der Waals surface area (Å²) >= 11 is 20.3. The molecule has 0 nitrogen and oxygen atoms in total. The second kappa shape index (κ2) is 8.50. The van der Waals surface area contributed by atoms with Crippen molar-refractivity contribution in [1.29, 1.82) is 0 Å². The van der Waals surface area contributed by atoms with E-state index in [-0.39, 0.29) is 0 Å². The molecule has 0 amide bonds. The van der Waals surface area contributed by atoms with Crippen LogP contribution in [0.1, 0.15) is 0 Å². The van der Waals surface area contributed by atoms with E-state index in [1.54, 1.807) is 22.7 Å². The predicted molar refractivity (Wildman–Crippen MR) is 164 cm³/mol. The maximum absolute atomic E-state index is 3.58. The molecule has 0 radical (unpaired) electrons. The van der Waals surface area contributed by atoms with Gasteiger partial charge in [-0.05, 0) is 86.5 Å². The van der Waals surface area contributed by atoms with Crippen LogP contribution in [0.15, 0.2) is 68.2 Å². The Bertz CT molecular complexity index is 1630. The average Bonchev–Trinajstić information content (AvgIpc) is 3.59. The molecule has 0 N–H and O–H groups in total. The van der Waals surface area contributed by atoms with E-state index in [1.165, 1.54) is 61.6 Å². The third-order valence-corrected chi connectivity index (χ3v) is 15.2. The summed E-state index contributed by atoms with van der Waals surface area (Å²) in [6, 6.07) is 20.4. The van der Waals surface area contributed by atoms with Gasteiger partial charge in [-0.15, -0.1) is 79.4 Å². The van der Waals surface area contributed by atoms with E-state index in [0.29, 0.717) is 0 Å². The fraction of sp³-hybridized carbons (Fsp3) is 0. The van der Waals surface area contributed by atoms with Crippen LogP contribution in [0, 0.1) is 0 Å². The molecule has 0 aliphatic rings. The van der Waals surface area contributed by atoms with Crippen molar-refractivity contribution < 1.29 is 0 Å². The van der Waals surface area contributed by atoms with E-state index >= 15 is 0 Å². The number of hydrogen-bond donors (Lipinski definition) is 0. The topological polar surface area (TPSA) is 0 Å². The molecule has 7 rings (SSSR count). The molecular formula is C24H10Br2S7. The number of rotatable bonds is 4. The van der Waals surface area contributed by atoms with E-state index < -0.39 is 0 Å². The average molecular weight is 683 g/mol. The molecule has 0 spiro atoms. The van der Waals surface area contributed by atoms with Crippen molar-refractivity contribution in [2.45, 2.75) is 0 Å². The molecule has 0 aromatic carbocycles. The Morgan fingerprint density at radius 3 is 1.48 bits per heavy atom. The van der Waals surface area contributed by atoms with E-state index in [2.05, 4.69) is 91.8 Å². The van der Waals surface area contributed by atoms with E-state index in [9.17, 15) is 0 Å². The maximum atomic E-state index is 3.58. The lowest BCUT2D eigenvalue weighted by atomic mass is 10.3. The van der Waals surface area contributed by atoms with Crippen molar-refractivity contribution in [3.8, 4) is 39.0 Å². The molecule has 0 atom stereocenters. The second-order valence-electron chi connectivity index (χ2n) is 7.27. The van der Waals surface area contributed by atoms with E-state index in [0.717, 1.165) is 4.47 Å². The van der Waals surface area contributed by atoms with Crippen molar-refractivity contribution in [3.63, 3.8) is 0 Å². The largest absolute Gasteiger partial charge is 0.142 e. The summed E-state index contributed by atoms with van der Waals surface area (Å²) in [6.07, 6.45) is 0. The van der Waals surface area contributed by atoms with Crippen LogP contribution in [-0.4, -0.2) is 0 Å². The minimum atomic E-state index is 1.16. The summed E-state index contributed by atoms with van der Waals surface area (Å²) in [7, 11) is 0. The Morgan fingerprint density at radius 1 is 0.455 bits per heavy atom. The van der Waals surface area contributed by atoms with Gasteiger partial charge in [0.05, 0.1) is 13.2 Å². The molecule has 9 heteroatoms. The Hall–Kier alpha value is -0.620. The fourth-order valence-corrected chi connectivity index (χ4v) is 12.9. The van der Waals surface area contributed by atoms with Crippen LogP contribution in [-0.2, 0) is 0 Å². The van der Waals surface area contributed by atoms with E-state index in [4.69, 9.17) is 0 Å². The molecule has 0 bridgehead atoms. The minimum Gasteiger partial charge on any atom is -0.142 e. The smallest absolute Gasteiger partial charge is 0.0705 e. The van der Waals surface area contributed by atoms with Gasteiger partial charge in [0.25, 0.3) is 0 Å². The molecule has 0 unspecified atom stereocenters. The molecule has 7 aromatic heterocycles. The summed E-state index contributed by atoms with van der Waals surface area (Å²) in [5.74, 6) is 0. The van der Waals surface area contributed by atoms with Crippen LogP contribution >= 0.6 is 111 Å². The summed E-state index contributed by atoms with van der Waals surface area (Å²) in [5.41, 5.74) is 0. The fourth-order valence-electron chi connectivity index (χ4n) is 3.67. The molecule has 0 saturated heterocycles. The van der Waals surface area contributed by atoms with Crippen LogP contribution in [0.25, 0.3) is 57.8 Å². The van der Waals surface area contributed by atoms with Crippen molar-refractivity contribution in [3.05, 3.63) is 68.2 Å². The number of halogens is 2. The quantitative estimate of drug-likeness (QED) is 0.173. The van der Waals surface area contributed by atoms with Gasteiger partial charge in [0, 0.05) is 58.3 Å². The van der Waals surface area contributed by atoms with Gasteiger partial charge < -0.3 is 0 Å². The predicted octanol–water partition coefficient (Wildman–Crippen LogP) is 12.6. The van der Waals surface area contributed by atoms with Crippen molar-refractivity contribution >= 4 is 130 Å². The molecule has 162 valence electrons. The molecule has 7 heterocycles. The molecule has 0 fully saturated rings. The Kier molecular flexibility index (Phi) is 5.57. The molecule has 7 aromatic rings. The highest BCUT2D eigenvalue weighted by Gasteiger charge is 2.17. The van der Waals surface area contributed by atoms with Crippen LogP contribution in [0.2, 0.25) is 0 Å². The van der Waals surface area contributed by atoms with Crippen molar-refractivity contribution in [1.82, 2.24) is 0 Å².